The van der Waals surface area contributed by atoms with Gasteiger partial charge in [0.1, 0.15) is 10.6 Å². The minimum Gasteiger partial charge on any atom is -0.493 e. The van der Waals surface area contributed by atoms with Gasteiger partial charge in [-0.15, -0.1) is 11.8 Å². The van der Waals surface area contributed by atoms with Gasteiger partial charge in [0.05, 0.1) is 16.5 Å². The van der Waals surface area contributed by atoms with Crippen LogP contribution in [-0.2, 0) is 20.0 Å². The lowest BCUT2D eigenvalue weighted by atomic mass is 9.96. The van der Waals surface area contributed by atoms with E-state index < -0.39 is 20.0 Å². The molecule has 1 aromatic heterocycles. The second kappa shape index (κ2) is 10.3. The van der Waals surface area contributed by atoms with E-state index in [1.807, 2.05) is 0 Å². The fourth-order valence-electron chi connectivity index (χ4n) is 3.44. The maximum atomic E-state index is 12.9. The normalized spacial score (nSPS) is 15.8. The van der Waals surface area contributed by atoms with E-state index in [1.165, 1.54) is 40.8 Å². The summed E-state index contributed by atoms with van der Waals surface area (Å²) in [5.74, 6) is 1.13. The molecule has 1 heterocycles. The van der Waals surface area contributed by atoms with Gasteiger partial charge in [0.25, 0.3) is 0 Å². The zero-order valence-corrected chi connectivity index (χ0v) is 19.8. The topological polar surface area (TPSA) is 120 Å². The molecule has 2 aromatic rings. The summed E-state index contributed by atoms with van der Waals surface area (Å²) >= 11 is 1.44. The number of rotatable bonds is 9. The van der Waals surface area contributed by atoms with Gasteiger partial charge in [-0.3, -0.25) is 0 Å². The van der Waals surface area contributed by atoms with Crippen LogP contribution in [0.5, 0.6) is 5.75 Å². The Morgan fingerprint density at radius 3 is 2.26 bits per heavy atom. The largest absolute Gasteiger partial charge is 0.493 e. The van der Waals surface area contributed by atoms with Crippen molar-refractivity contribution in [1.29, 1.82) is 0 Å². The lowest BCUT2D eigenvalue weighted by molar-refractivity contribution is 0.285. The molecule has 0 bridgehead atoms. The monoisotopic (exact) mass is 485 g/mol. The molecule has 170 valence electrons. The number of sulfonamides is 2. The first kappa shape index (κ1) is 24.0. The van der Waals surface area contributed by atoms with Crippen LogP contribution in [0.1, 0.15) is 32.1 Å². The SMILES string of the molecule is CN(C1CCCCC1)S(=O)(=O)c1ccc(SCCOc2ccc(S(N)(=O)=O)cc2)nc1. The van der Waals surface area contributed by atoms with Crippen LogP contribution in [0.2, 0.25) is 0 Å². The van der Waals surface area contributed by atoms with Gasteiger partial charge in [0.15, 0.2) is 0 Å². The lowest BCUT2D eigenvalue weighted by Gasteiger charge is -2.30. The summed E-state index contributed by atoms with van der Waals surface area (Å²) in [6.45, 7) is 0.380. The fourth-order valence-corrected chi connectivity index (χ4v) is 5.99. The second-order valence-electron chi connectivity index (χ2n) is 7.36. The van der Waals surface area contributed by atoms with E-state index in [9.17, 15) is 16.8 Å². The van der Waals surface area contributed by atoms with Gasteiger partial charge in [0.2, 0.25) is 20.0 Å². The first-order valence-corrected chi connectivity index (χ1v) is 14.0. The van der Waals surface area contributed by atoms with E-state index in [2.05, 4.69) is 4.98 Å². The Morgan fingerprint density at radius 2 is 1.68 bits per heavy atom. The Labute approximate surface area is 188 Å². The van der Waals surface area contributed by atoms with Crippen LogP contribution in [0.4, 0.5) is 0 Å². The van der Waals surface area contributed by atoms with Crippen LogP contribution < -0.4 is 9.88 Å². The summed E-state index contributed by atoms with van der Waals surface area (Å²) in [5.41, 5.74) is 0. The molecule has 1 fully saturated rings. The minimum absolute atomic E-state index is 0.0302. The molecule has 1 saturated carbocycles. The van der Waals surface area contributed by atoms with Crippen LogP contribution in [0.25, 0.3) is 0 Å². The maximum absolute atomic E-state index is 12.9. The number of primary sulfonamides is 1. The standard InChI is InChI=1S/C20H27N3O5S3/c1-23(16-5-3-2-4-6-16)31(26,27)19-11-12-20(22-15-19)29-14-13-28-17-7-9-18(10-8-17)30(21,24)25/h7-12,15-16H,2-6,13-14H2,1H3,(H2,21,24,25). The van der Waals surface area contributed by atoms with Crippen molar-refractivity contribution in [3.8, 4) is 5.75 Å². The molecule has 0 unspecified atom stereocenters. The van der Waals surface area contributed by atoms with Crippen LogP contribution in [0.15, 0.2) is 57.4 Å². The average Bonchev–Trinajstić information content (AvgIpc) is 2.77. The number of nitrogens with zero attached hydrogens (tertiary/aromatic N) is 2. The van der Waals surface area contributed by atoms with Gasteiger partial charge >= 0.3 is 0 Å². The molecule has 31 heavy (non-hydrogen) atoms. The van der Waals surface area contributed by atoms with Crippen molar-refractivity contribution in [1.82, 2.24) is 9.29 Å². The molecule has 0 aliphatic heterocycles. The van der Waals surface area contributed by atoms with Gasteiger partial charge in [-0.2, -0.15) is 4.31 Å². The number of hydrogen-bond acceptors (Lipinski definition) is 7. The Balaban J connectivity index is 1.50. The average molecular weight is 486 g/mol. The predicted molar refractivity (Wildman–Crippen MR) is 120 cm³/mol. The Bertz CT molecular complexity index is 1070. The number of benzene rings is 1. The van der Waals surface area contributed by atoms with E-state index in [4.69, 9.17) is 9.88 Å². The molecule has 8 nitrogen and oxygen atoms in total. The van der Waals surface area contributed by atoms with Crippen LogP contribution in [0, 0.1) is 0 Å². The molecule has 3 rings (SSSR count). The van der Waals surface area contributed by atoms with E-state index in [1.54, 1.807) is 31.3 Å². The molecular formula is C20H27N3O5S3. The molecule has 1 aliphatic rings. The van der Waals surface area contributed by atoms with Gasteiger partial charge in [-0.1, -0.05) is 19.3 Å². The van der Waals surface area contributed by atoms with E-state index in [0.29, 0.717) is 23.1 Å². The smallest absolute Gasteiger partial charge is 0.244 e. The van der Waals surface area contributed by atoms with Crippen molar-refractivity contribution in [3.63, 3.8) is 0 Å². The van der Waals surface area contributed by atoms with Crippen molar-refractivity contribution in [3.05, 3.63) is 42.6 Å². The molecule has 11 heteroatoms. The predicted octanol–water partition coefficient (Wildman–Crippen LogP) is 2.85. The highest BCUT2D eigenvalue weighted by atomic mass is 32.2. The highest BCUT2D eigenvalue weighted by molar-refractivity contribution is 7.99. The number of nitrogens with two attached hydrogens (primary N) is 1. The van der Waals surface area contributed by atoms with E-state index in [0.717, 1.165) is 25.7 Å². The first-order valence-electron chi connectivity index (χ1n) is 10.0. The van der Waals surface area contributed by atoms with E-state index >= 15 is 0 Å². The quantitative estimate of drug-likeness (QED) is 0.428. The molecule has 0 spiro atoms. The summed E-state index contributed by atoms with van der Waals surface area (Å²) in [6, 6.07) is 9.23. The zero-order valence-electron chi connectivity index (χ0n) is 17.3. The maximum Gasteiger partial charge on any atom is 0.244 e. The molecular weight excluding hydrogens is 458 g/mol. The zero-order chi connectivity index (χ0) is 22.5. The summed E-state index contributed by atoms with van der Waals surface area (Å²) in [5, 5.41) is 5.77. The van der Waals surface area contributed by atoms with Crippen LogP contribution in [0.3, 0.4) is 0 Å². The number of hydrogen-bond donors (Lipinski definition) is 1. The van der Waals surface area contributed by atoms with Gasteiger partial charge in [-0.25, -0.2) is 27.0 Å². The molecule has 2 N–H and O–H groups in total. The van der Waals surface area contributed by atoms with Crippen molar-refractivity contribution in [2.75, 3.05) is 19.4 Å². The van der Waals surface area contributed by atoms with E-state index in [-0.39, 0.29) is 15.8 Å². The third kappa shape index (κ3) is 6.42. The summed E-state index contributed by atoms with van der Waals surface area (Å²) < 4.78 is 55.3. The second-order valence-corrected chi connectivity index (χ2v) is 12.0. The highest BCUT2D eigenvalue weighted by Crippen LogP contribution is 2.27. The van der Waals surface area contributed by atoms with Crippen molar-refractivity contribution in [2.24, 2.45) is 5.14 Å². The number of thioether (sulfide) groups is 1. The molecule has 1 aliphatic carbocycles. The Kier molecular flexibility index (Phi) is 7.98. The number of ether oxygens (including phenoxy) is 1. The summed E-state index contributed by atoms with van der Waals surface area (Å²) in [7, 11) is -5.61. The summed E-state index contributed by atoms with van der Waals surface area (Å²) in [6.07, 6.45) is 6.52. The highest BCUT2D eigenvalue weighted by Gasteiger charge is 2.29. The first-order chi connectivity index (χ1) is 14.7. The van der Waals surface area contributed by atoms with Gasteiger partial charge in [-0.05, 0) is 49.2 Å². The van der Waals surface area contributed by atoms with Crippen molar-refractivity contribution in [2.45, 2.75) is 53.0 Å². The minimum atomic E-state index is -3.72. The van der Waals surface area contributed by atoms with Crippen LogP contribution in [-0.4, -0.2) is 51.6 Å². The van der Waals surface area contributed by atoms with Crippen molar-refractivity contribution >= 4 is 31.8 Å². The molecule has 0 atom stereocenters. The fraction of sp³-hybridized carbons (Fsp3) is 0.450. The molecule has 1 aromatic carbocycles. The Morgan fingerprint density at radius 1 is 1.03 bits per heavy atom. The van der Waals surface area contributed by atoms with Crippen molar-refractivity contribution < 1.29 is 21.6 Å². The molecule has 0 amide bonds. The lowest BCUT2D eigenvalue weighted by Crippen LogP contribution is -2.38. The molecule has 0 radical (unpaired) electrons. The summed E-state index contributed by atoms with van der Waals surface area (Å²) in [4.78, 5) is 4.51. The molecule has 0 saturated heterocycles. The van der Waals surface area contributed by atoms with Gasteiger partial charge in [0, 0.05) is 25.0 Å². The van der Waals surface area contributed by atoms with Crippen LogP contribution >= 0.6 is 11.8 Å². The third-order valence-electron chi connectivity index (χ3n) is 5.23. The van der Waals surface area contributed by atoms with Gasteiger partial charge < -0.3 is 4.74 Å². The third-order valence-corrected chi connectivity index (χ3v) is 8.96. The number of pyridine rings is 1. The number of aromatic nitrogens is 1. The Hall–Kier alpha value is -1.66.